The van der Waals surface area contributed by atoms with Crippen LogP contribution in [0.5, 0.6) is 0 Å². The number of benzene rings is 1. The molecule has 3 nitrogen and oxygen atoms in total. The molecular formula is C12H10ClN3. The Hall–Kier alpha value is -1.87. The summed E-state index contributed by atoms with van der Waals surface area (Å²) < 4.78 is 0. The van der Waals surface area contributed by atoms with Crippen LogP contribution in [-0.2, 0) is 0 Å². The summed E-state index contributed by atoms with van der Waals surface area (Å²) in [7, 11) is 0. The average molecular weight is 232 g/mol. The molecule has 0 radical (unpaired) electrons. The lowest BCUT2D eigenvalue weighted by Crippen LogP contribution is -2.06. The summed E-state index contributed by atoms with van der Waals surface area (Å²) in [5.74, 6) is 5.40. The zero-order valence-corrected chi connectivity index (χ0v) is 9.22. The van der Waals surface area contributed by atoms with Crippen molar-refractivity contribution in [2.45, 2.75) is 0 Å². The summed E-state index contributed by atoms with van der Waals surface area (Å²) >= 11 is 5.82. The first-order chi connectivity index (χ1) is 7.81. The third-order valence-electron chi connectivity index (χ3n) is 2.18. The summed E-state index contributed by atoms with van der Waals surface area (Å²) in [6, 6.07) is 11.1. The van der Waals surface area contributed by atoms with E-state index in [2.05, 4.69) is 10.1 Å². The van der Waals surface area contributed by atoms with E-state index in [-0.39, 0.29) is 0 Å². The summed E-state index contributed by atoms with van der Waals surface area (Å²) in [6.07, 6.45) is 3.43. The van der Waals surface area contributed by atoms with Crippen LogP contribution in [0.2, 0.25) is 5.02 Å². The standard InChI is InChI=1S/C12H10ClN3/c13-11-5-3-9(4-6-11)12(16-14)10-2-1-7-15-8-10/h1-8H,14H2/b16-12+. The van der Waals surface area contributed by atoms with E-state index in [1.165, 1.54) is 0 Å². The van der Waals surface area contributed by atoms with Crippen LogP contribution in [0.4, 0.5) is 0 Å². The molecule has 0 atom stereocenters. The van der Waals surface area contributed by atoms with Gasteiger partial charge >= 0.3 is 0 Å². The first-order valence-electron chi connectivity index (χ1n) is 4.75. The third-order valence-corrected chi connectivity index (χ3v) is 2.43. The molecule has 0 bridgehead atoms. The number of nitrogens with two attached hydrogens (primary N) is 1. The topological polar surface area (TPSA) is 51.3 Å². The molecule has 0 aliphatic carbocycles. The number of hydrogen-bond acceptors (Lipinski definition) is 3. The van der Waals surface area contributed by atoms with Gasteiger partial charge in [-0.1, -0.05) is 23.7 Å². The molecule has 0 saturated carbocycles. The van der Waals surface area contributed by atoms with Gasteiger partial charge in [0.25, 0.3) is 0 Å². The maximum absolute atomic E-state index is 5.82. The van der Waals surface area contributed by atoms with Gasteiger partial charge in [-0.25, -0.2) is 0 Å². The van der Waals surface area contributed by atoms with Crippen LogP contribution in [0.3, 0.4) is 0 Å². The molecule has 0 spiro atoms. The van der Waals surface area contributed by atoms with Crippen LogP contribution in [0, 0.1) is 0 Å². The van der Waals surface area contributed by atoms with Gasteiger partial charge in [-0.15, -0.1) is 0 Å². The molecule has 0 fully saturated rings. The van der Waals surface area contributed by atoms with Gasteiger partial charge in [0.05, 0.1) is 5.71 Å². The van der Waals surface area contributed by atoms with E-state index >= 15 is 0 Å². The minimum Gasteiger partial charge on any atom is -0.323 e. The van der Waals surface area contributed by atoms with Crippen LogP contribution in [0.15, 0.2) is 53.9 Å². The Balaban J connectivity index is 2.42. The van der Waals surface area contributed by atoms with E-state index in [0.717, 1.165) is 11.1 Å². The van der Waals surface area contributed by atoms with Crippen LogP contribution in [0.1, 0.15) is 11.1 Å². The lowest BCUT2D eigenvalue weighted by molar-refractivity contribution is 1.23. The highest BCUT2D eigenvalue weighted by Gasteiger charge is 2.06. The third kappa shape index (κ3) is 2.20. The van der Waals surface area contributed by atoms with Gasteiger partial charge in [-0.2, -0.15) is 5.10 Å². The fourth-order valence-corrected chi connectivity index (χ4v) is 1.55. The second-order valence-corrected chi connectivity index (χ2v) is 3.66. The molecule has 0 amide bonds. The molecule has 80 valence electrons. The normalized spacial score (nSPS) is 11.4. The number of nitrogens with zero attached hydrogens (tertiary/aromatic N) is 2. The van der Waals surface area contributed by atoms with Crippen LogP contribution in [0.25, 0.3) is 0 Å². The number of rotatable bonds is 2. The monoisotopic (exact) mass is 231 g/mol. The molecule has 2 N–H and O–H groups in total. The van der Waals surface area contributed by atoms with Crippen molar-refractivity contribution in [2.75, 3.05) is 0 Å². The summed E-state index contributed by atoms with van der Waals surface area (Å²) in [5, 5.41) is 4.48. The number of pyridine rings is 1. The van der Waals surface area contributed by atoms with Gasteiger partial charge in [-0.3, -0.25) is 4.98 Å². The molecule has 1 aromatic heterocycles. The SMILES string of the molecule is N/N=C(\c1ccc(Cl)cc1)c1cccnc1. The van der Waals surface area contributed by atoms with Gasteiger partial charge in [0.2, 0.25) is 0 Å². The molecule has 2 aromatic rings. The molecular weight excluding hydrogens is 222 g/mol. The van der Waals surface area contributed by atoms with E-state index < -0.39 is 0 Å². The van der Waals surface area contributed by atoms with Crippen molar-refractivity contribution in [3.63, 3.8) is 0 Å². The predicted molar refractivity (Wildman–Crippen MR) is 65.5 cm³/mol. The Morgan fingerprint density at radius 2 is 1.88 bits per heavy atom. The Labute approximate surface area is 98.6 Å². The largest absolute Gasteiger partial charge is 0.323 e. The van der Waals surface area contributed by atoms with E-state index in [4.69, 9.17) is 17.4 Å². The number of halogens is 1. The van der Waals surface area contributed by atoms with Crippen molar-refractivity contribution in [2.24, 2.45) is 10.9 Å². The van der Waals surface area contributed by atoms with Crippen molar-refractivity contribution in [1.82, 2.24) is 4.98 Å². The predicted octanol–water partition coefficient (Wildman–Crippen LogP) is 2.45. The Bertz CT molecular complexity index is 491. The molecule has 2 rings (SSSR count). The lowest BCUT2D eigenvalue weighted by atomic mass is 10.0. The number of aromatic nitrogens is 1. The summed E-state index contributed by atoms with van der Waals surface area (Å²) in [6.45, 7) is 0. The van der Waals surface area contributed by atoms with E-state index in [0.29, 0.717) is 10.7 Å². The Kier molecular flexibility index (Phi) is 3.17. The highest BCUT2D eigenvalue weighted by atomic mass is 35.5. The molecule has 1 aromatic carbocycles. The average Bonchev–Trinajstić information content (AvgIpc) is 2.34. The van der Waals surface area contributed by atoms with Gasteiger partial charge in [0.15, 0.2) is 0 Å². The zero-order chi connectivity index (χ0) is 11.4. The fraction of sp³-hybridized carbons (Fsp3) is 0. The van der Waals surface area contributed by atoms with Gasteiger partial charge in [0, 0.05) is 28.5 Å². The Morgan fingerprint density at radius 1 is 1.12 bits per heavy atom. The molecule has 0 aliphatic rings. The smallest absolute Gasteiger partial charge is 0.0986 e. The van der Waals surface area contributed by atoms with Crippen molar-refractivity contribution >= 4 is 17.3 Å². The van der Waals surface area contributed by atoms with Crippen LogP contribution in [-0.4, -0.2) is 10.7 Å². The molecule has 0 saturated heterocycles. The highest BCUT2D eigenvalue weighted by Crippen LogP contribution is 2.13. The van der Waals surface area contributed by atoms with Gasteiger partial charge < -0.3 is 5.84 Å². The quantitative estimate of drug-likeness (QED) is 0.490. The van der Waals surface area contributed by atoms with Gasteiger partial charge in [-0.05, 0) is 24.3 Å². The number of hydrazone groups is 1. The minimum atomic E-state index is 0.686. The second kappa shape index (κ2) is 4.77. The van der Waals surface area contributed by atoms with E-state index in [9.17, 15) is 0 Å². The lowest BCUT2D eigenvalue weighted by Gasteiger charge is -2.04. The fourth-order valence-electron chi connectivity index (χ4n) is 1.43. The van der Waals surface area contributed by atoms with E-state index in [1.807, 2.05) is 24.3 Å². The molecule has 0 aliphatic heterocycles. The van der Waals surface area contributed by atoms with Gasteiger partial charge in [0.1, 0.15) is 0 Å². The van der Waals surface area contributed by atoms with Crippen LogP contribution < -0.4 is 5.84 Å². The van der Waals surface area contributed by atoms with Crippen molar-refractivity contribution in [3.8, 4) is 0 Å². The summed E-state index contributed by atoms with van der Waals surface area (Å²) in [4.78, 5) is 4.03. The molecule has 4 heteroatoms. The minimum absolute atomic E-state index is 0.686. The first kappa shape index (κ1) is 10.6. The number of hydrogen-bond donors (Lipinski definition) is 1. The molecule has 16 heavy (non-hydrogen) atoms. The maximum Gasteiger partial charge on any atom is 0.0986 e. The molecule has 1 heterocycles. The summed E-state index contributed by atoms with van der Waals surface area (Å²) in [5.41, 5.74) is 2.50. The first-order valence-corrected chi connectivity index (χ1v) is 5.13. The second-order valence-electron chi connectivity index (χ2n) is 3.23. The zero-order valence-electron chi connectivity index (χ0n) is 8.47. The maximum atomic E-state index is 5.82. The van der Waals surface area contributed by atoms with Crippen LogP contribution >= 0.6 is 11.6 Å². The van der Waals surface area contributed by atoms with Crippen molar-refractivity contribution in [1.29, 1.82) is 0 Å². The molecule has 0 unspecified atom stereocenters. The van der Waals surface area contributed by atoms with E-state index in [1.54, 1.807) is 24.5 Å². The highest BCUT2D eigenvalue weighted by molar-refractivity contribution is 6.30. The van der Waals surface area contributed by atoms with Crippen molar-refractivity contribution in [3.05, 3.63) is 64.9 Å². The Morgan fingerprint density at radius 3 is 2.44 bits per heavy atom. The van der Waals surface area contributed by atoms with Crippen molar-refractivity contribution < 1.29 is 0 Å².